The van der Waals surface area contributed by atoms with E-state index in [-0.39, 0.29) is 11.8 Å². The summed E-state index contributed by atoms with van der Waals surface area (Å²) in [7, 11) is 1.60. The van der Waals surface area contributed by atoms with E-state index < -0.39 is 0 Å². The molecule has 2 rings (SSSR count). The number of ether oxygens (including phenoxy) is 1. The van der Waals surface area contributed by atoms with Gasteiger partial charge >= 0.3 is 0 Å². The highest BCUT2D eigenvalue weighted by Gasteiger charge is 2.29. The number of carbonyl (C=O) groups excluding carboxylic acids is 1. The highest BCUT2D eigenvalue weighted by molar-refractivity contribution is 9.10. The van der Waals surface area contributed by atoms with E-state index in [0.717, 1.165) is 17.6 Å². The molecule has 1 aromatic rings. The zero-order valence-corrected chi connectivity index (χ0v) is 12.1. The molecule has 0 unspecified atom stereocenters. The van der Waals surface area contributed by atoms with Crippen LogP contribution in [-0.4, -0.2) is 26.1 Å². The largest absolute Gasteiger partial charge is 0.495 e. The van der Waals surface area contributed by atoms with Gasteiger partial charge in [-0.1, -0.05) is 22.9 Å². The first-order chi connectivity index (χ1) is 8.61. The number of halogens is 1. The molecule has 1 heterocycles. The smallest absolute Gasteiger partial charge is 0.229 e. The van der Waals surface area contributed by atoms with Gasteiger partial charge in [0, 0.05) is 11.0 Å². The summed E-state index contributed by atoms with van der Waals surface area (Å²) >= 11 is 3.39. The number of methoxy groups -OCH3 is 1. The maximum absolute atomic E-state index is 12.2. The Morgan fingerprint density at radius 1 is 1.50 bits per heavy atom. The van der Waals surface area contributed by atoms with Crippen LogP contribution in [0, 0.1) is 11.8 Å². The number of rotatable bonds is 3. The first-order valence-corrected chi connectivity index (χ1v) is 6.76. The molecule has 0 radical (unpaired) electrons. The number of nitrogens with one attached hydrogen (secondary N) is 2. The summed E-state index contributed by atoms with van der Waals surface area (Å²) in [4.78, 5) is 12.2. The van der Waals surface area contributed by atoms with Crippen LogP contribution in [-0.2, 0) is 4.79 Å². The summed E-state index contributed by atoms with van der Waals surface area (Å²) in [5.41, 5.74) is 0.705. The van der Waals surface area contributed by atoms with Crippen LogP contribution in [0.15, 0.2) is 22.7 Å². The average Bonchev–Trinajstić information content (AvgIpc) is 2.76. The predicted molar refractivity (Wildman–Crippen MR) is 74.8 cm³/mol. The zero-order valence-electron chi connectivity index (χ0n) is 10.5. The fourth-order valence-electron chi connectivity index (χ4n) is 2.16. The minimum absolute atomic E-state index is 0.0219. The fourth-order valence-corrected chi connectivity index (χ4v) is 2.53. The van der Waals surface area contributed by atoms with Crippen LogP contribution in [0.3, 0.4) is 0 Å². The Balaban J connectivity index is 2.13. The van der Waals surface area contributed by atoms with Crippen LogP contribution in [0.1, 0.15) is 6.92 Å². The van der Waals surface area contributed by atoms with Crippen molar-refractivity contribution in [2.45, 2.75) is 6.92 Å². The third kappa shape index (κ3) is 2.84. The number of carbonyl (C=O) groups is 1. The van der Waals surface area contributed by atoms with Crippen molar-refractivity contribution in [2.75, 3.05) is 25.5 Å². The zero-order chi connectivity index (χ0) is 13.1. The molecule has 2 atom stereocenters. The lowest BCUT2D eigenvalue weighted by atomic mass is 9.97. The molecule has 1 aromatic carbocycles. The molecule has 18 heavy (non-hydrogen) atoms. The van der Waals surface area contributed by atoms with Crippen molar-refractivity contribution in [1.29, 1.82) is 0 Å². The normalized spacial score (nSPS) is 22.8. The second-order valence-electron chi connectivity index (χ2n) is 4.58. The Morgan fingerprint density at radius 3 is 2.89 bits per heavy atom. The standard InChI is InChI=1S/C13H17BrN2O2/c1-8-6-15-7-10(8)13(17)16-11-5-9(14)3-4-12(11)18-2/h3-5,8,10,15H,6-7H2,1-2H3,(H,16,17)/t8-,10-/m1/s1. The summed E-state index contributed by atoms with van der Waals surface area (Å²) < 4.78 is 6.15. The van der Waals surface area contributed by atoms with E-state index in [0.29, 0.717) is 17.4 Å². The van der Waals surface area contributed by atoms with E-state index in [1.807, 2.05) is 18.2 Å². The summed E-state index contributed by atoms with van der Waals surface area (Å²) in [6, 6.07) is 5.56. The van der Waals surface area contributed by atoms with Crippen molar-refractivity contribution in [1.82, 2.24) is 5.32 Å². The number of anilines is 1. The van der Waals surface area contributed by atoms with Gasteiger partial charge < -0.3 is 15.4 Å². The lowest BCUT2D eigenvalue weighted by molar-refractivity contribution is -0.120. The van der Waals surface area contributed by atoms with Crippen LogP contribution >= 0.6 is 15.9 Å². The van der Waals surface area contributed by atoms with Crippen LogP contribution in [0.5, 0.6) is 5.75 Å². The second-order valence-corrected chi connectivity index (χ2v) is 5.49. The molecule has 1 fully saturated rings. The van der Waals surface area contributed by atoms with Gasteiger partial charge in [-0.3, -0.25) is 4.79 Å². The lowest BCUT2D eigenvalue weighted by Crippen LogP contribution is -2.28. The van der Waals surface area contributed by atoms with E-state index in [1.165, 1.54) is 0 Å². The quantitative estimate of drug-likeness (QED) is 0.900. The summed E-state index contributed by atoms with van der Waals surface area (Å²) in [6.07, 6.45) is 0. The Labute approximate surface area is 115 Å². The van der Waals surface area contributed by atoms with Gasteiger partial charge in [0.05, 0.1) is 18.7 Å². The Hall–Kier alpha value is -1.07. The van der Waals surface area contributed by atoms with E-state index in [1.54, 1.807) is 7.11 Å². The number of benzene rings is 1. The van der Waals surface area contributed by atoms with Gasteiger partial charge in [-0.05, 0) is 30.7 Å². The maximum atomic E-state index is 12.2. The molecular formula is C13H17BrN2O2. The molecule has 98 valence electrons. The molecule has 1 aliphatic heterocycles. The minimum atomic E-state index is 0.0219. The van der Waals surface area contributed by atoms with Crippen LogP contribution < -0.4 is 15.4 Å². The summed E-state index contributed by atoms with van der Waals surface area (Å²) in [6.45, 7) is 3.72. The molecule has 4 nitrogen and oxygen atoms in total. The molecule has 0 aromatic heterocycles. The van der Waals surface area contributed by atoms with E-state index in [9.17, 15) is 4.79 Å². The molecule has 2 N–H and O–H groups in total. The highest BCUT2D eigenvalue weighted by atomic mass is 79.9. The van der Waals surface area contributed by atoms with Gasteiger partial charge in [0.25, 0.3) is 0 Å². The molecule has 0 spiro atoms. The number of hydrogen-bond acceptors (Lipinski definition) is 3. The third-order valence-electron chi connectivity index (χ3n) is 3.27. The van der Waals surface area contributed by atoms with Crippen molar-refractivity contribution in [3.8, 4) is 5.75 Å². The minimum Gasteiger partial charge on any atom is -0.495 e. The van der Waals surface area contributed by atoms with Crippen molar-refractivity contribution in [3.05, 3.63) is 22.7 Å². The second kappa shape index (κ2) is 5.71. The van der Waals surface area contributed by atoms with Crippen molar-refractivity contribution < 1.29 is 9.53 Å². The molecule has 0 aliphatic carbocycles. The molecular weight excluding hydrogens is 296 g/mol. The summed E-state index contributed by atoms with van der Waals surface area (Å²) in [5.74, 6) is 1.10. The van der Waals surface area contributed by atoms with Gasteiger partial charge in [-0.25, -0.2) is 0 Å². The van der Waals surface area contributed by atoms with Gasteiger partial charge in [-0.15, -0.1) is 0 Å². The van der Waals surface area contributed by atoms with E-state index >= 15 is 0 Å². The monoisotopic (exact) mass is 312 g/mol. The number of amides is 1. The van der Waals surface area contributed by atoms with Gasteiger partial charge in [0.1, 0.15) is 5.75 Å². The van der Waals surface area contributed by atoms with Crippen molar-refractivity contribution in [3.63, 3.8) is 0 Å². The van der Waals surface area contributed by atoms with E-state index in [2.05, 4.69) is 33.5 Å². The fraction of sp³-hybridized carbons (Fsp3) is 0.462. The highest BCUT2D eigenvalue weighted by Crippen LogP contribution is 2.29. The van der Waals surface area contributed by atoms with Gasteiger partial charge in [-0.2, -0.15) is 0 Å². The van der Waals surface area contributed by atoms with Crippen molar-refractivity contribution >= 4 is 27.5 Å². The van der Waals surface area contributed by atoms with Crippen LogP contribution in [0.2, 0.25) is 0 Å². The van der Waals surface area contributed by atoms with E-state index in [4.69, 9.17) is 4.74 Å². The molecule has 0 saturated carbocycles. The molecule has 1 saturated heterocycles. The topological polar surface area (TPSA) is 50.4 Å². The molecule has 0 bridgehead atoms. The Kier molecular flexibility index (Phi) is 4.24. The predicted octanol–water partition coefficient (Wildman–Crippen LogP) is 2.25. The average molecular weight is 313 g/mol. The molecule has 1 aliphatic rings. The van der Waals surface area contributed by atoms with Crippen molar-refractivity contribution in [2.24, 2.45) is 11.8 Å². The van der Waals surface area contributed by atoms with Gasteiger partial charge in [0.15, 0.2) is 0 Å². The maximum Gasteiger partial charge on any atom is 0.229 e. The number of hydrogen-bond donors (Lipinski definition) is 2. The van der Waals surface area contributed by atoms with Crippen LogP contribution in [0.25, 0.3) is 0 Å². The summed E-state index contributed by atoms with van der Waals surface area (Å²) in [5, 5.41) is 6.17. The van der Waals surface area contributed by atoms with Gasteiger partial charge in [0.2, 0.25) is 5.91 Å². The van der Waals surface area contributed by atoms with Crippen LogP contribution in [0.4, 0.5) is 5.69 Å². The first-order valence-electron chi connectivity index (χ1n) is 5.97. The molecule has 5 heteroatoms. The Morgan fingerprint density at radius 2 is 2.28 bits per heavy atom. The SMILES string of the molecule is COc1ccc(Br)cc1NC(=O)[C@@H]1CNC[C@H]1C. The lowest BCUT2D eigenvalue weighted by Gasteiger charge is -2.16. The molecule has 1 amide bonds. The Bertz CT molecular complexity index is 451. The third-order valence-corrected chi connectivity index (χ3v) is 3.77. The first kappa shape index (κ1) is 13.4.